The number of carbonyl (C=O) groups excluding carboxylic acids is 1. The van der Waals surface area contributed by atoms with E-state index >= 15 is 0 Å². The van der Waals surface area contributed by atoms with E-state index in [2.05, 4.69) is 26.4 Å². The number of nitrogen functional groups attached to an aromatic ring is 1. The highest BCUT2D eigenvalue weighted by molar-refractivity contribution is 7.58. The minimum atomic E-state index is -4.17. The highest BCUT2D eigenvalue weighted by atomic mass is 35.5. The third-order valence-corrected chi connectivity index (χ3v) is 9.43. The molecule has 2 unspecified atom stereocenters. The fraction of sp³-hybridized carbons (Fsp3) is 0.423. The van der Waals surface area contributed by atoms with Gasteiger partial charge in [-0.15, -0.1) is 0 Å². The van der Waals surface area contributed by atoms with Crippen LogP contribution in [0.3, 0.4) is 0 Å². The van der Waals surface area contributed by atoms with Crippen LogP contribution in [0.25, 0.3) is 11.0 Å². The summed E-state index contributed by atoms with van der Waals surface area (Å²) < 4.78 is 47.9. The number of H-pyrrole nitrogens is 1. The molecule has 7 N–H and O–H groups in total. The Morgan fingerprint density at radius 2 is 2.00 bits per heavy atom. The summed E-state index contributed by atoms with van der Waals surface area (Å²) in [6.45, 7) is 6.23. The second-order valence-electron chi connectivity index (χ2n) is 10.2. The van der Waals surface area contributed by atoms with Crippen molar-refractivity contribution in [3.63, 3.8) is 0 Å². The molecule has 7 atom stereocenters. The van der Waals surface area contributed by atoms with Gasteiger partial charge in [-0.25, -0.2) is 9.48 Å². The number of ether oxygens (including phenoxy) is 2. The first-order valence-corrected chi connectivity index (χ1v) is 14.9. The number of aromatic nitrogens is 3. The number of nitrogens with one attached hydrogen (secondary N) is 2. The molecular weight excluding hydrogens is 594 g/mol. The van der Waals surface area contributed by atoms with E-state index in [1.807, 2.05) is 0 Å². The lowest BCUT2D eigenvalue weighted by molar-refractivity contribution is -0.149. The molecule has 13 nitrogen and oxygen atoms in total. The van der Waals surface area contributed by atoms with Crippen LogP contribution in [0.2, 0.25) is 0 Å². The Morgan fingerprint density at radius 1 is 1.33 bits per heavy atom. The highest BCUT2D eigenvalue weighted by Gasteiger charge is 2.59. The van der Waals surface area contributed by atoms with Crippen LogP contribution in [0, 0.1) is 17.1 Å². The van der Waals surface area contributed by atoms with E-state index in [9.17, 15) is 23.7 Å². The van der Waals surface area contributed by atoms with Crippen molar-refractivity contribution in [1.82, 2.24) is 19.6 Å². The molecule has 1 saturated heterocycles. The minimum absolute atomic E-state index is 0.200. The first kappa shape index (κ1) is 31.5. The molecule has 1 fully saturated rings. The molecule has 0 amide bonds. The van der Waals surface area contributed by atoms with Gasteiger partial charge in [0.15, 0.2) is 23.2 Å². The molecule has 0 spiro atoms. The van der Waals surface area contributed by atoms with Gasteiger partial charge >= 0.3 is 13.5 Å². The van der Waals surface area contributed by atoms with Crippen molar-refractivity contribution in [2.45, 2.75) is 69.5 Å². The smallest absolute Gasteiger partial charge is 0.323 e. The number of aliphatic hydroxyl groups excluding tert-OH is 1. The summed E-state index contributed by atoms with van der Waals surface area (Å²) >= 11 is 5.71. The number of nitrogens with two attached hydrogens (primary N) is 2. The maximum absolute atomic E-state index is 14.9. The summed E-state index contributed by atoms with van der Waals surface area (Å²) in [5, 5.41) is 15.9. The van der Waals surface area contributed by atoms with Crippen LogP contribution < -0.4 is 26.6 Å². The van der Waals surface area contributed by atoms with Crippen LogP contribution >= 0.6 is 19.1 Å². The Hall–Kier alpha value is -3.44. The lowest BCUT2D eigenvalue weighted by Gasteiger charge is -2.32. The Balaban J connectivity index is 1.78. The average Bonchev–Trinajstić information content (AvgIpc) is 3.36. The van der Waals surface area contributed by atoms with Gasteiger partial charge in [0.25, 0.3) is 5.56 Å². The highest BCUT2D eigenvalue weighted by Crippen LogP contribution is 2.54. The monoisotopic (exact) mass is 624 g/mol. The number of esters is 1. The Labute approximate surface area is 245 Å². The third-order valence-electron chi connectivity index (χ3n) is 6.74. The molecule has 0 radical (unpaired) electrons. The van der Waals surface area contributed by atoms with E-state index in [-0.39, 0.29) is 17.3 Å². The van der Waals surface area contributed by atoms with E-state index < -0.39 is 72.0 Å². The summed E-state index contributed by atoms with van der Waals surface area (Å²) in [6.07, 6.45) is -4.13. The third kappa shape index (κ3) is 5.89. The summed E-state index contributed by atoms with van der Waals surface area (Å²) in [4.78, 5) is 31.2. The summed E-state index contributed by atoms with van der Waals surface area (Å²) in [7, 11) is -4.17. The zero-order chi connectivity index (χ0) is 31.0. The molecule has 2 aromatic heterocycles. The quantitative estimate of drug-likeness (QED) is 0.133. The Kier molecular flexibility index (Phi) is 9.03. The van der Waals surface area contributed by atoms with Gasteiger partial charge in [0.1, 0.15) is 29.4 Å². The van der Waals surface area contributed by atoms with Crippen LogP contribution in [-0.4, -0.2) is 61.2 Å². The van der Waals surface area contributed by atoms with Crippen molar-refractivity contribution in [2.75, 3.05) is 5.73 Å². The number of fused-ring (bicyclic) bond motifs is 1. The zero-order valence-electron chi connectivity index (χ0n) is 23.1. The topological polar surface area (TPSA) is 197 Å². The van der Waals surface area contributed by atoms with E-state index in [0.29, 0.717) is 0 Å². The van der Waals surface area contributed by atoms with Gasteiger partial charge in [-0.1, -0.05) is 24.1 Å². The molecule has 3 heterocycles. The van der Waals surface area contributed by atoms with E-state index in [1.54, 1.807) is 44.2 Å². The number of aliphatic hydroxyl groups is 1. The van der Waals surface area contributed by atoms with Gasteiger partial charge in [-0.2, -0.15) is 4.98 Å². The zero-order valence-corrected chi connectivity index (χ0v) is 24.7. The number of benzene rings is 1. The maximum Gasteiger partial charge on any atom is 0.323 e. The van der Waals surface area contributed by atoms with Gasteiger partial charge < -0.3 is 30.6 Å². The molecule has 0 saturated carbocycles. The maximum atomic E-state index is 14.9. The fourth-order valence-corrected chi connectivity index (χ4v) is 6.98. The van der Waals surface area contributed by atoms with Gasteiger partial charge in [-0.05, 0) is 51.4 Å². The summed E-state index contributed by atoms with van der Waals surface area (Å²) in [6, 6.07) is 7.05. The Morgan fingerprint density at radius 3 is 2.62 bits per heavy atom. The van der Waals surface area contributed by atoms with Crippen molar-refractivity contribution in [3.05, 3.63) is 52.7 Å². The molecule has 0 aliphatic carbocycles. The average molecular weight is 625 g/mol. The van der Waals surface area contributed by atoms with Crippen LogP contribution in [0.4, 0.5) is 10.3 Å². The number of anilines is 1. The first-order valence-electron chi connectivity index (χ1n) is 12.9. The molecule has 3 aromatic rings. The Bertz CT molecular complexity index is 1640. The molecule has 226 valence electrons. The van der Waals surface area contributed by atoms with Crippen LogP contribution in [0.15, 0.2) is 41.3 Å². The minimum Gasteiger partial charge on any atom is -0.462 e. The van der Waals surface area contributed by atoms with Crippen molar-refractivity contribution >= 4 is 42.1 Å². The van der Waals surface area contributed by atoms with Crippen LogP contribution in [0.5, 0.6) is 5.75 Å². The summed E-state index contributed by atoms with van der Waals surface area (Å²) in [5.74, 6) is 0.726. The van der Waals surface area contributed by atoms with Gasteiger partial charge in [0, 0.05) is 11.6 Å². The van der Waals surface area contributed by atoms with Gasteiger partial charge in [0.05, 0.1) is 11.8 Å². The molecule has 1 aliphatic heterocycles. The van der Waals surface area contributed by atoms with Crippen LogP contribution in [0.1, 0.15) is 33.9 Å². The number of rotatable bonds is 9. The number of nitrogens with zero attached hydrogens (tertiary/aromatic N) is 2. The van der Waals surface area contributed by atoms with Gasteiger partial charge in [-0.3, -0.25) is 23.7 Å². The van der Waals surface area contributed by atoms with Crippen LogP contribution in [-0.2, 0) is 18.8 Å². The molecule has 16 heteroatoms. The number of halogens is 2. The first-order chi connectivity index (χ1) is 19.7. The second kappa shape index (κ2) is 12.0. The van der Waals surface area contributed by atoms with Crippen molar-refractivity contribution in [3.8, 4) is 17.0 Å². The molecule has 0 bridgehead atoms. The van der Waals surface area contributed by atoms with Gasteiger partial charge in [0.2, 0.25) is 5.95 Å². The SMILES string of the molecule is CC(C)OC(=O)[C@H](C)NP(=O)(Oc1ccccc1)C(C)[C@H]1O[C@@H](n2cc(F)c3c(=O)[nH]c(N)nc32)[C@@](N)(C#CCl)[C@H]1O. The number of hydrogen-bond acceptors (Lipinski definition) is 10. The number of para-hydroxylation sites is 1. The summed E-state index contributed by atoms with van der Waals surface area (Å²) in [5.41, 5.74) is 7.91. The lowest BCUT2D eigenvalue weighted by Crippen LogP contribution is -2.54. The predicted octanol–water partition coefficient (Wildman–Crippen LogP) is 2.19. The molecular formula is C26H31ClFN6O7P. The number of hydrogen-bond donors (Lipinski definition) is 5. The second-order valence-corrected chi connectivity index (χ2v) is 12.8. The molecule has 1 aromatic carbocycles. The van der Waals surface area contributed by atoms with E-state index in [1.165, 1.54) is 13.8 Å². The van der Waals surface area contributed by atoms with E-state index in [0.717, 1.165) is 10.8 Å². The van der Waals surface area contributed by atoms with Crippen molar-refractivity contribution in [1.29, 1.82) is 0 Å². The fourth-order valence-electron chi connectivity index (χ4n) is 4.67. The lowest BCUT2D eigenvalue weighted by atomic mass is 9.91. The standard InChI is InChI=1S/C26H31ClFN6O7P/c1-13(2)39-23(37)14(3)33-42(38,41-16-8-6-5-7-9-16)15(4)19-20(35)26(30,10-11-27)24(40-19)34-12-17(28)18-21(34)31-25(29)32-22(18)36/h5-9,12-15,19-20,24,35H,30H2,1-4H3,(H,33,38)(H3,29,31,32,36)/t14-,15?,19+,20-,24+,26+,42?/m0/s1. The number of carbonyl (C=O) groups is 1. The molecule has 4 rings (SSSR count). The normalized spacial score (nSPS) is 24.9. The largest absolute Gasteiger partial charge is 0.462 e. The number of aromatic amines is 1. The van der Waals surface area contributed by atoms with Crippen molar-refractivity contribution in [2.24, 2.45) is 5.73 Å². The molecule has 1 aliphatic rings. The van der Waals surface area contributed by atoms with E-state index in [4.69, 9.17) is 37.1 Å². The predicted molar refractivity (Wildman–Crippen MR) is 153 cm³/mol. The molecule has 42 heavy (non-hydrogen) atoms. The van der Waals surface area contributed by atoms with Crippen molar-refractivity contribution < 1.29 is 32.9 Å².